The average Bonchev–Trinajstić information content (AvgIpc) is 2.45. The Bertz CT molecular complexity index is 431. The first-order chi connectivity index (χ1) is 9.47. The van der Waals surface area contributed by atoms with E-state index in [1.54, 1.807) is 0 Å². The Kier molecular flexibility index (Phi) is 6.52. The maximum absolute atomic E-state index is 12.2. The topological polar surface area (TPSA) is 58.4 Å². The second kappa shape index (κ2) is 7.90. The van der Waals surface area contributed by atoms with Crippen molar-refractivity contribution in [1.82, 2.24) is 5.32 Å². The summed E-state index contributed by atoms with van der Waals surface area (Å²) < 4.78 is 0. The number of hydrogen-bond acceptors (Lipinski definition) is 3. The summed E-state index contributed by atoms with van der Waals surface area (Å²) in [7, 11) is 1.93. The van der Waals surface area contributed by atoms with Crippen LogP contribution in [0.3, 0.4) is 0 Å². The van der Waals surface area contributed by atoms with E-state index in [1.165, 1.54) is 0 Å². The molecule has 0 bridgehead atoms. The lowest BCUT2D eigenvalue weighted by molar-refractivity contribution is -0.122. The molecule has 0 aromatic heterocycles. The van der Waals surface area contributed by atoms with E-state index >= 15 is 0 Å². The fourth-order valence-electron chi connectivity index (χ4n) is 2.04. The Morgan fingerprint density at radius 1 is 1.30 bits per heavy atom. The summed E-state index contributed by atoms with van der Waals surface area (Å²) in [6, 6.07) is 7.71. The predicted molar refractivity (Wildman–Crippen MR) is 84.7 cm³/mol. The second-order valence-corrected chi connectivity index (χ2v) is 5.59. The van der Waals surface area contributed by atoms with Crippen molar-refractivity contribution in [3.63, 3.8) is 0 Å². The lowest BCUT2D eigenvalue weighted by Crippen LogP contribution is -2.44. The summed E-state index contributed by atoms with van der Waals surface area (Å²) >= 11 is 0. The lowest BCUT2D eigenvalue weighted by atomic mass is 10.1. The molecule has 1 unspecified atom stereocenters. The third-order valence-electron chi connectivity index (χ3n) is 3.57. The highest BCUT2D eigenvalue weighted by atomic mass is 16.2. The van der Waals surface area contributed by atoms with Gasteiger partial charge in [0.2, 0.25) is 5.91 Å². The number of anilines is 1. The van der Waals surface area contributed by atoms with Crippen LogP contribution < -0.4 is 16.0 Å². The first kappa shape index (κ1) is 16.5. The highest BCUT2D eigenvalue weighted by Gasteiger charge is 2.19. The van der Waals surface area contributed by atoms with Crippen LogP contribution in [-0.2, 0) is 11.3 Å². The largest absolute Gasteiger partial charge is 0.363 e. The molecule has 0 saturated heterocycles. The first-order valence-electron chi connectivity index (χ1n) is 7.25. The van der Waals surface area contributed by atoms with E-state index in [0.717, 1.165) is 24.2 Å². The molecule has 4 nitrogen and oxygen atoms in total. The van der Waals surface area contributed by atoms with Gasteiger partial charge in [-0.25, -0.2) is 0 Å². The molecule has 0 aliphatic rings. The smallest absolute Gasteiger partial charge is 0.242 e. The number of carbonyl (C=O) groups excluding carboxylic acids is 1. The zero-order valence-corrected chi connectivity index (χ0v) is 13.0. The summed E-state index contributed by atoms with van der Waals surface area (Å²) in [5, 5.41) is 2.99. The van der Waals surface area contributed by atoms with Crippen LogP contribution in [0.2, 0.25) is 0 Å². The first-order valence-corrected chi connectivity index (χ1v) is 7.25. The van der Waals surface area contributed by atoms with Crippen molar-refractivity contribution in [2.45, 2.75) is 39.8 Å². The maximum Gasteiger partial charge on any atom is 0.242 e. The van der Waals surface area contributed by atoms with E-state index in [9.17, 15) is 4.79 Å². The van der Waals surface area contributed by atoms with E-state index in [0.29, 0.717) is 12.5 Å². The summed E-state index contributed by atoms with van der Waals surface area (Å²) in [5.74, 6) is 0.654. The molecule has 0 radical (unpaired) electrons. The molecule has 3 N–H and O–H groups in total. The average molecular weight is 277 g/mol. The molecule has 1 atom stereocenters. The van der Waals surface area contributed by atoms with Gasteiger partial charge in [0, 0.05) is 25.8 Å². The fourth-order valence-corrected chi connectivity index (χ4v) is 2.04. The van der Waals surface area contributed by atoms with Gasteiger partial charge in [-0.05, 0) is 30.9 Å². The number of rotatable bonds is 7. The summed E-state index contributed by atoms with van der Waals surface area (Å²) in [6.45, 7) is 7.42. The van der Waals surface area contributed by atoms with Crippen molar-refractivity contribution >= 4 is 11.6 Å². The Hall–Kier alpha value is -1.55. The fraction of sp³-hybridized carbons (Fsp3) is 0.562. The van der Waals surface area contributed by atoms with Gasteiger partial charge in [-0.1, -0.05) is 32.0 Å². The van der Waals surface area contributed by atoms with Crippen molar-refractivity contribution in [3.05, 3.63) is 29.8 Å². The molecule has 1 amide bonds. The highest BCUT2D eigenvalue weighted by Crippen LogP contribution is 2.20. The molecule has 0 aliphatic carbocycles. The monoisotopic (exact) mass is 277 g/mol. The maximum atomic E-state index is 12.2. The molecular formula is C16H27N3O. The molecular weight excluding hydrogens is 250 g/mol. The van der Waals surface area contributed by atoms with Crippen LogP contribution in [0.25, 0.3) is 0 Å². The molecule has 0 heterocycles. The number of carbonyl (C=O) groups is 1. The number of likely N-dealkylation sites (N-methyl/N-ethyl adjacent to an activating group) is 1. The summed E-state index contributed by atoms with van der Waals surface area (Å²) in [4.78, 5) is 14.1. The van der Waals surface area contributed by atoms with Gasteiger partial charge >= 0.3 is 0 Å². The molecule has 4 heteroatoms. The number of para-hydroxylation sites is 1. The Labute approximate surface area is 122 Å². The number of nitrogens with zero attached hydrogens (tertiary/aromatic N) is 1. The lowest BCUT2D eigenvalue weighted by Gasteiger charge is -2.28. The van der Waals surface area contributed by atoms with Gasteiger partial charge in [0.1, 0.15) is 6.04 Å². The van der Waals surface area contributed by atoms with E-state index in [4.69, 9.17) is 5.73 Å². The molecule has 0 aliphatic heterocycles. The quantitative estimate of drug-likeness (QED) is 0.802. The third-order valence-corrected chi connectivity index (χ3v) is 3.57. The van der Waals surface area contributed by atoms with E-state index in [1.807, 2.05) is 43.1 Å². The van der Waals surface area contributed by atoms with Gasteiger partial charge in [0.15, 0.2) is 0 Å². The van der Waals surface area contributed by atoms with E-state index in [2.05, 4.69) is 19.2 Å². The molecule has 1 rings (SSSR count). The number of nitrogens with one attached hydrogen (secondary N) is 1. The molecule has 0 fully saturated rings. The van der Waals surface area contributed by atoms with Crippen LogP contribution >= 0.6 is 0 Å². The highest BCUT2D eigenvalue weighted by molar-refractivity contribution is 5.85. The molecule has 0 saturated carbocycles. The van der Waals surface area contributed by atoms with Crippen molar-refractivity contribution in [3.8, 4) is 0 Å². The molecule has 0 spiro atoms. The van der Waals surface area contributed by atoms with Crippen LogP contribution in [0.4, 0.5) is 5.69 Å². The van der Waals surface area contributed by atoms with Gasteiger partial charge in [0.25, 0.3) is 0 Å². The number of nitrogens with two attached hydrogens (primary N) is 1. The Morgan fingerprint density at radius 2 is 1.95 bits per heavy atom. The number of amides is 1. The van der Waals surface area contributed by atoms with Gasteiger partial charge in [-0.15, -0.1) is 0 Å². The van der Waals surface area contributed by atoms with Gasteiger partial charge in [0.05, 0.1) is 0 Å². The van der Waals surface area contributed by atoms with Crippen LogP contribution in [0.1, 0.15) is 32.8 Å². The molecule has 1 aromatic carbocycles. The molecule has 20 heavy (non-hydrogen) atoms. The van der Waals surface area contributed by atoms with Crippen LogP contribution in [0.5, 0.6) is 0 Å². The zero-order chi connectivity index (χ0) is 15.1. The van der Waals surface area contributed by atoms with Crippen LogP contribution in [0, 0.1) is 5.92 Å². The van der Waals surface area contributed by atoms with Crippen LogP contribution in [-0.4, -0.2) is 25.5 Å². The van der Waals surface area contributed by atoms with E-state index in [-0.39, 0.29) is 11.9 Å². The standard InChI is InChI=1S/C16H27N3O/c1-12(2)9-10-18-16(20)13(3)19(4)15-8-6-5-7-14(15)11-17/h5-8,12-13H,9-11,17H2,1-4H3,(H,18,20). The van der Waals surface area contributed by atoms with Gasteiger partial charge in [-0.3, -0.25) is 4.79 Å². The normalized spacial score (nSPS) is 12.3. The molecule has 1 aromatic rings. The predicted octanol–water partition coefficient (Wildman–Crippen LogP) is 2.13. The van der Waals surface area contributed by atoms with Crippen molar-refractivity contribution in [2.75, 3.05) is 18.5 Å². The minimum Gasteiger partial charge on any atom is -0.363 e. The number of benzene rings is 1. The minimum absolute atomic E-state index is 0.0555. The van der Waals surface area contributed by atoms with E-state index < -0.39 is 0 Å². The number of hydrogen-bond donors (Lipinski definition) is 2. The Balaban J connectivity index is 2.66. The summed E-state index contributed by atoms with van der Waals surface area (Å²) in [5.41, 5.74) is 7.82. The zero-order valence-electron chi connectivity index (χ0n) is 13.0. The van der Waals surface area contributed by atoms with Gasteiger partial charge < -0.3 is 16.0 Å². The summed E-state index contributed by atoms with van der Waals surface area (Å²) in [6.07, 6.45) is 1.00. The van der Waals surface area contributed by atoms with Crippen molar-refractivity contribution in [1.29, 1.82) is 0 Å². The van der Waals surface area contributed by atoms with Crippen molar-refractivity contribution in [2.24, 2.45) is 11.7 Å². The SMILES string of the molecule is CC(C)CCNC(=O)C(C)N(C)c1ccccc1CN. The minimum atomic E-state index is -0.213. The van der Waals surface area contributed by atoms with Crippen molar-refractivity contribution < 1.29 is 4.79 Å². The second-order valence-electron chi connectivity index (χ2n) is 5.59. The van der Waals surface area contributed by atoms with Crippen LogP contribution in [0.15, 0.2) is 24.3 Å². The Morgan fingerprint density at radius 3 is 2.55 bits per heavy atom. The molecule has 112 valence electrons. The third kappa shape index (κ3) is 4.53. The van der Waals surface area contributed by atoms with Gasteiger partial charge in [-0.2, -0.15) is 0 Å².